The number of rotatable bonds is 3. The molecule has 0 aromatic heterocycles. The Morgan fingerprint density at radius 1 is 1.50 bits per heavy atom. The number of hydrogen-bond acceptors (Lipinski definition) is 2. The highest BCUT2D eigenvalue weighted by atomic mass is 35.5. The largest absolute Gasteiger partial charge is 0.218 e. The van der Waals surface area contributed by atoms with Crippen molar-refractivity contribution in [1.82, 2.24) is 4.72 Å². The summed E-state index contributed by atoms with van der Waals surface area (Å²) in [6.07, 6.45) is 0. The molecule has 0 fully saturated rings. The molecule has 3 nitrogen and oxygen atoms in total. The third-order valence-electron chi connectivity index (χ3n) is 1.67. The summed E-state index contributed by atoms with van der Waals surface area (Å²) in [6, 6.07) is 3.89. The average Bonchev–Trinajstić information content (AvgIpc) is 2.10. The minimum Gasteiger partial charge on any atom is -0.218 e. The lowest BCUT2D eigenvalue weighted by molar-refractivity contribution is 0.580. The van der Waals surface area contributed by atoms with Crippen LogP contribution in [0, 0.1) is 5.82 Å². The Kier molecular flexibility index (Phi) is 3.47. The molecule has 78 valence electrons. The molecule has 0 radical (unpaired) electrons. The zero-order valence-corrected chi connectivity index (χ0v) is 8.99. The molecule has 1 rings (SSSR count). The molecule has 0 spiro atoms. The van der Waals surface area contributed by atoms with Gasteiger partial charge in [-0.05, 0) is 19.2 Å². The summed E-state index contributed by atoms with van der Waals surface area (Å²) < 4.78 is 37.4. The van der Waals surface area contributed by atoms with Crippen molar-refractivity contribution in [2.24, 2.45) is 0 Å². The summed E-state index contributed by atoms with van der Waals surface area (Å²) in [4.78, 5) is 0. The Morgan fingerprint density at radius 2 is 2.14 bits per heavy atom. The molecule has 0 aliphatic carbocycles. The first kappa shape index (κ1) is 11.4. The molecule has 0 atom stereocenters. The van der Waals surface area contributed by atoms with Crippen LogP contribution in [0.3, 0.4) is 0 Å². The average molecular weight is 238 g/mol. The van der Waals surface area contributed by atoms with Crippen molar-refractivity contribution < 1.29 is 12.8 Å². The number of halogens is 2. The van der Waals surface area contributed by atoms with Gasteiger partial charge in [-0.2, -0.15) is 0 Å². The third-order valence-corrected chi connectivity index (χ3v) is 3.22. The second-order valence-corrected chi connectivity index (χ2v) is 5.06. The van der Waals surface area contributed by atoms with E-state index in [1.807, 2.05) is 0 Å². The van der Waals surface area contributed by atoms with Crippen molar-refractivity contribution in [3.63, 3.8) is 0 Å². The van der Waals surface area contributed by atoms with Gasteiger partial charge in [0, 0.05) is 10.6 Å². The molecule has 0 unspecified atom stereocenters. The van der Waals surface area contributed by atoms with Gasteiger partial charge < -0.3 is 0 Å². The molecule has 0 saturated carbocycles. The van der Waals surface area contributed by atoms with E-state index in [1.54, 1.807) is 0 Å². The monoisotopic (exact) mass is 237 g/mol. The fraction of sp³-hybridized carbons (Fsp3) is 0.250. The normalized spacial score (nSPS) is 11.6. The third kappa shape index (κ3) is 2.94. The zero-order chi connectivity index (χ0) is 10.8. The number of benzene rings is 1. The van der Waals surface area contributed by atoms with Gasteiger partial charge in [-0.25, -0.2) is 17.5 Å². The van der Waals surface area contributed by atoms with Crippen molar-refractivity contribution in [2.45, 2.75) is 5.75 Å². The molecule has 1 aromatic carbocycles. The first-order valence-electron chi connectivity index (χ1n) is 3.80. The van der Waals surface area contributed by atoms with Crippen molar-refractivity contribution in [3.05, 3.63) is 34.6 Å². The van der Waals surface area contributed by atoms with E-state index in [9.17, 15) is 12.8 Å². The molecule has 0 amide bonds. The molecule has 0 bridgehead atoms. The molecule has 1 aromatic rings. The van der Waals surface area contributed by atoms with E-state index in [0.29, 0.717) is 0 Å². The predicted molar refractivity (Wildman–Crippen MR) is 53.1 cm³/mol. The van der Waals surface area contributed by atoms with Crippen LogP contribution in [0.5, 0.6) is 0 Å². The Hall–Kier alpha value is -0.650. The molecular weight excluding hydrogens is 229 g/mol. The number of nitrogens with one attached hydrogen (secondary N) is 1. The lowest BCUT2D eigenvalue weighted by Crippen LogP contribution is -2.20. The lowest BCUT2D eigenvalue weighted by atomic mass is 10.2. The first-order valence-corrected chi connectivity index (χ1v) is 5.83. The van der Waals surface area contributed by atoms with Crippen LogP contribution in [0.2, 0.25) is 5.02 Å². The molecular formula is C8H9ClFNO2S. The van der Waals surface area contributed by atoms with Gasteiger partial charge in [0.25, 0.3) is 0 Å². The van der Waals surface area contributed by atoms with Gasteiger partial charge >= 0.3 is 0 Å². The van der Waals surface area contributed by atoms with E-state index in [1.165, 1.54) is 19.2 Å². The fourth-order valence-electron chi connectivity index (χ4n) is 0.916. The maximum Gasteiger partial charge on any atom is 0.215 e. The van der Waals surface area contributed by atoms with Gasteiger partial charge in [0.05, 0.1) is 5.75 Å². The van der Waals surface area contributed by atoms with Gasteiger partial charge in [-0.1, -0.05) is 17.7 Å². The Morgan fingerprint density at radius 3 is 2.64 bits per heavy atom. The van der Waals surface area contributed by atoms with Gasteiger partial charge in [0.2, 0.25) is 10.0 Å². The van der Waals surface area contributed by atoms with Crippen molar-refractivity contribution in [2.75, 3.05) is 7.05 Å². The van der Waals surface area contributed by atoms with Crippen molar-refractivity contribution in [3.8, 4) is 0 Å². The summed E-state index contributed by atoms with van der Waals surface area (Å²) in [5.41, 5.74) is 0.101. The zero-order valence-electron chi connectivity index (χ0n) is 7.42. The lowest BCUT2D eigenvalue weighted by Gasteiger charge is -2.03. The van der Waals surface area contributed by atoms with Crippen LogP contribution in [0.25, 0.3) is 0 Å². The van der Waals surface area contributed by atoms with Crippen LogP contribution in [-0.2, 0) is 15.8 Å². The molecule has 0 heterocycles. The topological polar surface area (TPSA) is 46.2 Å². The molecule has 0 saturated heterocycles. The highest BCUT2D eigenvalue weighted by Crippen LogP contribution is 2.16. The van der Waals surface area contributed by atoms with Crippen molar-refractivity contribution >= 4 is 21.6 Å². The quantitative estimate of drug-likeness (QED) is 0.867. The van der Waals surface area contributed by atoms with Crippen molar-refractivity contribution in [1.29, 1.82) is 0 Å². The predicted octanol–water partition coefficient (Wildman–Crippen LogP) is 1.53. The summed E-state index contributed by atoms with van der Waals surface area (Å²) in [5.74, 6) is -0.997. The maximum absolute atomic E-state index is 13.1. The summed E-state index contributed by atoms with van der Waals surface area (Å²) in [6.45, 7) is 0. The van der Waals surface area contributed by atoms with Crippen LogP contribution in [0.15, 0.2) is 18.2 Å². The second kappa shape index (κ2) is 4.25. The molecule has 0 aliphatic heterocycles. The summed E-state index contributed by atoms with van der Waals surface area (Å²) in [5, 5.41) is 0.244. The first-order chi connectivity index (χ1) is 6.44. The molecule has 14 heavy (non-hydrogen) atoms. The van der Waals surface area contributed by atoms with E-state index in [2.05, 4.69) is 4.72 Å². The minimum absolute atomic E-state index is 0.101. The standard InChI is InChI=1S/C8H9ClFNO2S/c1-11-14(12,13)5-6-2-3-7(9)4-8(6)10/h2-4,11H,5H2,1H3. The molecule has 6 heteroatoms. The minimum atomic E-state index is -3.44. The van der Waals surface area contributed by atoms with Gasteiger partial charge in [-0.15, -0.1) is 0 Å². The van der Waals surface area contributed by atoms with E-state index in [4.69, 9.17) is 11.6 Å². The SMILES string of the molecule is CNS(=O)(=O)Cc1ccc(Cl)cc1F. The van der Waals surface area contributed by atoms with E-state index < -0.39 is 15.8 Å². The van der Waals surface area contributed by atoms with Crippen LogP contribution in [0.1, 0.15) is 5.56 Å². The number of sulfonamides is 1. The smallest absolute Gasteiger partial charge is 0.215 e. The fourth-order valence-corrected chi connectivity index (χ4v) is 1.86. The summed E-state index contributed by atoms with van der Waals surface area (Å²) in [7, 11) is -2.16. The molecule has 1 N–H and O–H groups in total. The van der Waals surface area contributed by atoms with Gasteiger partial charge in [0.15, 0.2) is 0 Å². The van der Waals surface area contributed by atoms with Gasteiger partial charge in [-0.3, -0.25) is 0 Å². The van der Waals surface area contributed by atoms with Crippen LogP contribution >= 0.6 is 11.6 Å². The Bertz CT molecular complexity index is 433. The van der Waals surface area contributed by atoms with Crippen LogP contribution in [0.4, 0.5) is 4.39 Å². The molecule has 0 aliphatic rings. The highest BCUT2D eigenvalue weighted by Gasteiger charge is 2.12. The number of hydrogen-bond donors (Lipinski definition) is 1. The maximum atomic E-state index is 13.1. The van der Waals surface area contributed by atoms with E-state index in [-0.39, 0.29) is 16.3 Å². The van der Waals surface area contributed by atoms with E-state index >= 15 is 0 Å². The van der Waals surface area contributed by atoms with Crippen LogP contribution < -0.4 is 4.72 Å². The Balaban J connectivity index is 2.99. The summed E-state index contributed by atoms with van der Waals surface area (Å²) >= 11 is 5.52. The highest BCUT2D eigenvalue weighted by molar-refractivity contribution is 7.88. The van der Waals surface area contributed by atoms with E-state index in [0.717, 1.165) is 6.07 Å². The Labute approximate surface area is 86.9 Å². The van der Waals surface area contributed by atoms with Gasteiger partial charge in [0.1, 0.15) is 5.82 Å². The second-order valence-electron chi connectivity index (χ2n) is 2.70. The van der Waals surface area contributed by atoms with Crippen LogP contribution in [-0.4, -0.2) is 15.5 Å².